The van der Waals surface area contributed by atoms with Gasteiger partial charge in [-0.15, -0.1) is 0 Å². The Morgan fingerprint density at radius 3 is 2.18 bits per heavy atom. The fourth-order valence-electron chi connectivity index (χ4n) is 3.19. The molecule has 0 atom stereocenters. The van der Waals surface area contributed by atoms with Crippen LogP contribution < -0.4 is 10.1 Å². The minimum absolute atomic E-state index is 0.110. The quantitative estimate of drug-likeness (QED) is 0.151. The van der Waals surface area contributed by atoms with Crippen LogP contribution in [-0.4, -0.2) is 11.0 Å². The molecule has 0 fully saturated rings. The van der Waals surface area contributed by atoms with E-state index in [0.717, 1.165) is 27.9 Å². The molecule has 1 aromatic heterocycles. The summed E-state index contributed by atoms with van der Waals surface area (Å²) in [6.07, 6.45) is 3.62. The number of ether oxygens (including phenoxy) is 1. The van der Waals surface area contributed by atoms with Crippen LogP contribution >= 0.6 is 23.2 Å². The van der Waals surface area contributed by atoms with Gasteiger partial charge in [-0.3, -0.25) is 4.98 Å². The summed E-state index contributed by atoms with van der Waals surface area (Å²) in [5, 5.41) is 12.9. The van der Waals surface area contributed by atoms with Gasteiger partial charge in [0.2, 0.25) is 0 Å². The molecular weight excluding hydrogens is 455 g/mol. The molecule has 0 bridgehead atoms. The Labute approximate surface area is 201 Å². The third kappa shape index (κ3) is 5.89. The van der Waals surface area contributed by atoms with Crippen molar-refractivity contribution in [3.05, 3.63) is 107 Å². The summed E-state index contributed by atoms with van der Waals surface area (Å²) in [5.41, 5.74) is 4.52. The molecule has 7 heteroatoms. The first-order valence-electron chi connectivity index (χ1n) is 10.1. The van der Waals surface area contributed by atoms with Crippen LogP contribution in [0.25, 0.3) is 22.4 Å². The lowest BCUT2D eigenvalue weighted by molar-refractivity contribution is 0.526. The van der Waals surface area contributed by atoms with Gasteiger partial charge < -0.3 is 4.74 Å². The van der Waals surface area contributed by atoms with Gasteiger partial charge in [0.25, 0.3) is 0 Å². The second-order valence-electron chi connectivity index (χ2n) is 7.03. The monoisotopic (exact) mass is 472 g/mol. The maximum Gasteiger partial charge on any atom is 0.304 e. The van der Waals surface area contributed by atoms with E-state index >= 15 is 0 Å². The Balaban J connectivity index is 1.68. The number of hydrogen-bond donors (Lipinski definition) is 1. The Morgan fingerprint density at radius 2 is 1.55 bits per heavy atom. The number of benzene rings is 3. The number of aliphatic imine (C=N–C) groups is 1. The van der Waals surface area contributed by atoms with E-state index in [0.29, 0.717) is 15.8 Å². The van der Waals surface area contributed by atoms with E-state index in [1.165, 1.54) is 0 Å². The zero-order valence-corrected chi connectivity index (χ0v) is 18.9. The molecule has 3 aromatic carbocycles. The number of halogens is 2. The molecule has 0 unspecified atom stereocenters. The van der Waals surface area contributed by atoms with E-state index in [1.807, 2.05) is 79.0 Å². The summed E-state index contributed by atoms with van der Waals surface area (Å²) in [6, 6.07) is 26.4. The lowest BCUT2D eigenvalue weighted by Crippen LogP contribution is -2.24. The molecular formula is C26H18Cl2N4O. The van der Waals surface area contributed by atoms with Crippen molar-refractivity contribution in [2.75, 3.05) is 0 Å². The number of rotatable bonds is 5. The third-order valence-electron chi connectivity index (χ3n) is 4.74. The predicted molar refractivity (Wildman–Crippen MR) is 132 cm³/mol. The molecule has 0 radical (unpaired) electrons. The fourth-order valence-corrected chi connectivity index (χ4v) is 3.44. The van der Waals surface area contributed by atoms with E-state index in [-0.39, 0.29) is 12.6 Å². The van der Waals surface area contributed by atoms with Crippen LogP contribution in [0.3, 0.4) is 0 Å². The van der Waals surface area contributed by atoms with Gasteiger partial charge in [0.15, 0.2) is 6.19 Å². The second kappa shape index (κ2) is 10.6. The number of pyridine rings is 1. The van der Waals surface area contributed by atoms with Gasteiger partial charge >= 0.3 is 6.02 Å². The highest BCUT2D eigenvalue weighted by atomic mass is 35.5. The molecule has 1 heterocycles. The smallest absolute Gasteiger partial charge is 0.304 e. The van der Waals surface area contributed by atoms with Crippen LogP contribution in [0.1, 0.15) is 5.56 Å². The number of aromatic nitrogens is 1. The van der Waals surface area contributed by atoms with Crippen LogP contribution in [0, 0.1) is 11.5 Å². The van der Waals surface area contributed by atoms with Crippen molar-refractivity contribution >= 4 is 29.2 Å². The van der Waals surface area contributed by atoms with Crippen molar-refractivity contribution < 1.29 is 4.74 Å². The van der Waals surface area contributed by atoms with Gasteiger partial charge in [0, 0.05) is 27.4 Å². The van der Waals surface area contributed by atoms with Crippen molar-refractivity contribution in [3.8, 4) is 34.3 Å². The van der Waals surface area contributed by atoms with E-state index in [4.69, 9.17) is 38.2 Å². The molecule has 5 nitrogen and oxygen atoms in total. The highest BCUT2D eigenvalue weighted by molar-refractivity contribution is 6.31. The molecule has 0 aliphatic carbocycles. The van der Waals surface area contributed by atoms with Crippen molar-refractivity contribution in [1.29, 1.82) is 5.26 Å². The van der Waals surface area contributed by atoms with Crippen LogP contribution in [0.5, 0.6) is 5.75 Å². The van der Waals surface area contributed by atoms with E-state index in [9.17, 15) is 0 Å². The fraction of sp³-hybridized carbons (Fsp3) is 0.0385. The number of para-hydroxylation sites is 1. The van der Waals surface area contributed by atoms with Gasteiger partial charge in [-0.05, 0) is 53.6 Å². The highest BCUT2D eigenvalue weighted by Gasteiger charge is 2.11. The zero-order valence-electron chi connectivity index (χ0n) is 17.4. The standard InChI is InChI=1S/C26H18Cl2N4O/c27-21-10-6-19(7-11-21)24-14-18(15-30-25(24)20-8-12-22(28)13-9-20)16-31-26(32-17-29)33-23-4-2-1-3-5-23/h1-15H,16H2,(H,31,32). The number of hydrogen-bond acceptors (Lipinski definition) is 4. The second-order valence-corrected chi connectivity index (χ2v) is 7.90. The Morgan fingerprint density at radius 1 is 0.909 bits per heavy atom. The van der Waals surface area contributed by atoms with Gasteiger partial charge in [-0.25, -0.2) is 10.3 Å². The molecule has 0 aliphatic rings. The minimum Gasteiger partial charge on any atom is -0.425 e. The van der Waals surface area contributed by atoms with E-state index in [1.54, 1.807) is 18.3 Å². The van der Waals surface area contributed by atoms with Crippen LogP contribution in [0.2, 0.25) is 10.0 Å². The third-order valence-corrected chi connectivity index (χ3v) is 5.25. The number of nitrogens with one attached hydrogen (secondary N) is 1. The first-order valence-corrected chi connectivity index (χ1v) is 10.8. The number of nitrogens with zero attached hydrogens (tertiary/aromatic N) is 3. The molecule has 162 valence electrons. The number of nitriles is 1. The van der Waals surface area contributed by atoms with Crippen molar-refractivity contribution in [1.82, 2.24) is 10.3 Å². The summed E-state index contributed by atoms with van der Waals surface area (Å²) in [5.74, 6) is 0.581. The topological polar surface area (TPSA) is 70.3 Å². The molecule has 0 amide bonds. The van der Waals surface area contributed by atoms with Crippen molar-refractivity contribution in [2.45, 2.75) is 6.54 Å². The van der Waals surface area contributed by atoms with Crippen LogP contribution in [-0.2, 0) is 6.54 Å². The average Bonchev–Trinajstić information content (AvgIpc) is 2.84. The summed E-state index contributed by atoms with van der Waals surface area (Å²) in [4.78, 5) is 9.14. The van der Waals surface area contributed by atoms with E-state index < -0.39 is 0 Å². The van der Waals surface area contributed by atoms with Gasteiger partial charge in [0.1, 0.15) is 5.75 Å². The first kappa shape index (κ1) is 22.3. The Hall–Kier alpha value is -3.85. The van der Waals surface area contributed by atoms with Gasteiger partial charge in [-0.2, -0.15) is 5.26 Å². The molecule has 0 saturated heterocycles. The molecule has 0 saturated carbocycles. The predicted octanol–water partition coefficient (Wildman–Crippen LogP) is 6.73. The van der Waals surface area contributed by atoms with Crippen LogP contribution in [0.4, 0.5) is 0 Å². The van der Waals surface area contributed by atoms with Gasteiger partial charge in [-0.1, -0.05) is 65.7 Å². The highest BCUT2D eigenvalue weighted by Crippen LogP contribution is 2.32. The summed E-state index contributed by atoms with van der Waals surface area (Å²) in [7, 11) is 0. The lowest BCUT2D eigenvalue weighted by Gasteiger charge is -2.12. The molecule has 4 aromatic rings. The SMILES string of the molecule is N#CNC(=NCc1cnc(-c2ccc(Cl)cc2)c(-c2ccc(Cl)cc2)c1)Oc1ccccc1. The molecule has 33 heavy (non-hydrogen) atoms. The van der Waals surface area contributed by atoms with Gasteiger partial charge in [0.05, 0.1) is 12.2 Å². The Kier molecular flexibility index (Phi) is 7.21. The molecule has 0 spiro atoms. The summed E-state index contributed by atoms with van der Waals surface area (Å²) in [6.45, 7) is 0.269. The largest absolute Gasteiger partial charge is 0.425 e. The maximum atomic E-state index is 9.05. The maximum absolute atomic E-state index is 9.05. The zero-order chi connectivity index (χ0) is 23.0. The normalized spacial score (nSPS) is 11.0. The summed E-state index contributed by atoms with van der Waals surface area (Å²) >= 11 is 12.2. The van der Waals surface area contributed by atoms with Crippen molar-refractivity contribution in [3.63, 3.8) is 0 Å². The first-order chi connectivity index (χ1) is 16.1. The molecule has 0 aliphatic heterocycles. The Bertz CT molecular complexity index is 1300. The molecule has 1 N–H and O–H groups in total. The van der Waals surface area contributed by atoms with Crippen molar-refractivity contribution in [2.24, 2.45) is 4.99 Å². The lowest BCUT2D eigenvalue weighted by atomic mass is 9.98. The summed E-state index contributed by atoms with van der Waals surface area (Å²) < 4.78 is 5.68. The molecule has 4 rings (SSSR count). The minimum atomic E-state index is 0.110. The van der Waals surface area contributed by atoms with Crippen LogP contribution in [0.15, 0.2) is 96.1 Å². The van der Waals surface area contributed by atoms with E-state index in [2.05, 4.69) is 10.3 Å². The number of amidine groups is 1. The average molecular weight is 473 g/mol.